The molecule has 2 fully saturated rings. The summed E-state index contributed by atoms with van der Waals surface area (Å²) in [5.74, 6) is -1.71. The van der Waals surface area contributed by atoms with Crippen molar-refractivity contribution in [1.82, 2.24) is 9.80 Å². The maximum Gasteiger partial charge on any atom is 0.329 e. The number of likely N-dealkylation sites (tertiary alicyclic amines) is 2. The van der Waals surface area contributed by atoms with Gasteiger partial charge in [0.1, 0.15) is 6.04 Å². The number of ether oxygens (including phenoxy) is 1. The minimum Gasteiger partial charge on any atom is -0.451 e. The van der Waals surface area contributed by atoms with Crippen LogP contribution in [0.25, 0.3) is 0 Å². The Kier molecular flexibility index (Phi) is 7.34. The van der Waals surface area contributed by atoms with Crippen molar-refractivity contribution in [1.29, 1.82) is 0 Å². The molecule has 2 aliphatic rings. The van der Waals surface area contributed by atoms with Crippen LogP contribution in [-0.4, -0.2) is 70.4 Å². The summed E-state index contributed by atoms with van der Waals surface area (Å²) in [6, 6.07) is 7.13. The van der Waals surface area contributed by atoms with Gasteiger partial charge in [0.25, 0.3) is 5.91 Å². The van der Waals surface area contributed by atoms with Crippen LogP contribution in [-0.2, 0) is 23.9 Å². The number of carbonyl (C=O) groups is 5. The first kappa shape index (κ1) is 24.6. The van der Waals surface area contributed by atoms with Crippen molar-refractivity contribution < 1.29 is 28.7 Å². The van der Waals surface area contributed by atoms with Crippen LogP contribution in [0.5, 0.6) is 0 Å². The molecule has 0 aromatic heterocycles. The molecule has 0 N–H and O–H groups in total. The van der Waals surface area contributed by atoms with Gasteiger partial charge in [0, 0.05) is 23.9 Å². The number of amides is 2. The van der Waals surface area contributed by atoms with Gasteiger partial charge >= 0.3 is 5.97 Å². The predicted molar refractivity (Wildman–Crippen MR) is 120 cm³/mol. The molecule has 3 atom stereocenters. The van der Waals surface area contributed by atoms with Gasteiger partial charge in [0.05, 0.1) is 12.6 Å². The number of esters is 1. The normalized spacial score (nSPS) is 21.8. The lowest BCUT2D eigenvalue weighted by atomic mass is 9.85. The number of Topliss-reactive ketones (excluding diaryl/α,β-unsaturated/α-hetero) is 2. The molecule has 178 valence electrons. The van der Waals surface area contributed by atoms with Gasteiger partial charge in [0.2, 0.25) is 5.91 Å². The molecule has 2 aliphatic heterocycles. The number of rotatable bonds is 7. The van der Waals surface area contributed by atoms with Crippen LogP contribution < -0.4 is 0 Å². The maximum absolute atomic E-state index is 13.0. The lowest BCUT2D eigenvalue weighted by Gasteiger charge is -2.31. The van der Waals surface area contributed by atoms with Crippen molar-refractivity contribution in [3.05, 3.63) is 35.9 Å². The van der Waals surface area contributed by atoms with E-state index in [1.54, 1.807) is 30.3 Å². The van der Waals surface area contributed by atoms with Gasteiger partial charge in [-0.05, 0) is 26.2 Å². The molecule has 0 spiro atoms. The Hall–Kier alpha value is -3.03. The zero-order valence-electron chi connectivity index (χ0n) is 19.7. The van der Waals surface area contributed by atoms with E-state index in [0.717, 1.165) is 0 Å². The van der Waals surface area contributed by atoms with Crippen molar-refractivity contribution in [2.75, 3.05) is 13.1 Å². The minimum absolute atomic E-state index is 0.0149. The molecule has 8 nitrogen and oxygen atoms in total. The van der Waals surface area contributed by atoms with Crippen molar-refractivity contribution in [2.45, 2.75) is 71.6 Å². The molecule has 3 rings (SSSR count). The zero-order chi connectivity index (χ0) is 24.3. The van der Waals surface area contributed by atoms with E-state index in [4.69, 9.17) is 4.74 Å². The van der Waals surface area contributed by atoms with Crippen LogP contribution >= 0.6 is 0 Å². The number of benzene rings is 1. The Morgan fingerprint density at radius 3 is 2.36 bits per heavy atom. The number of ketones is 2. The van der Waals surface area contributed by atoms with E-state index < -0.39 is 35.5 Å². The lowest BCUT2D eigenvalue weighted by Crippen LogP contribution is -2.50. The van der Waals surface area contributed by atoms with Gasteiger partial charge in [-0.25, -0.2) is 4.79 Å². The number of hydrogen-bond donors (Lipinski definition) is 0. The molecule has 0 aliphatic carbocycles. The van der Waals surface area contributed by atoms with Gasteiger partial charge in [0.15, 0.2) is 17.7 Å². The van der Waals surface area contributed by atoms with Crippen LogP contribution in [0.4, 0.5) is 0 Å². The molecular weight excluding hydrogens is 424 g/mol. The third-order valence-corrected chi connectivity index (χ3v) is 6.23. The Balaban J connectivity index is 1.64. The Labute approximate surface area is 194 Å². The van der Waals surface area contributed by atoms with Crippen molar-refractivity contribution in [2.24, 2.45) is 5.41 Å². The van der Waals surface area contributed by atoms with Gasteiger partial charge < -0.3 is 14.5 Å². The standard InChI is InChI=1S/C25H32N2O6/c1-16(23(31)26-14-8-11-18(26)22(30)25(2,3)4)33-24(32)19-12-13-21(29)27(19)15-20(28)17-9-6-5-7-10-17/h5-7,9-10,16,18-19H,8,11-15H2,1-4H3. The average Bonchev–Trinajstić information content (AvgIpc) is 3.39. The summed E-state index contributed by atoms with van der Waals surface area (Å²) in [6.07, 6.45) is 0.585. The largest absolute Gasteiger partial charge is 0.451 e. The number of nitrogens with zero attached hydrogens (tertiary/aromatic N) is 2. The highest BCUT2D eigenvalue weighted by atomic mass is 16.5. The highest BCUT2D eigenvalue weighted by molar-refractivity contribution is 6.01. The van der Waals surface area contributed by atoms with Crippen LogP contribution in [0.3, 0.4) is 0 Å². The van der Waals surface area contributed by atoms with Gasteiger partial charge in [-0.2, -0.15) is 0 Å². The van der Waals surface area contributed by atoms with Crippen LogP contribution in [0.15, 0.2) is 30.3 Å². The van der Waals surface area contributed by atoms with Crippen molar-refractivity contribution in [3.8, 4) is 0 Å². The fourth-order valence-electron chi connectivity index (χ4n) is 4.39. The topological polar surface area (TPSA) is 101 Å². The maximum atomic E-state index is 13.0. The summed E-state index contributed by atoms with van der Waals surface area (Å²) in [7, 11) is 0. The van der Waals surface area contributed by atoms with E-state index in [1.165, 1.54) is 16.7 Å². The summed E-state index contributed by atoms with van der Waals surface area (Å²) in [5, 5.41) is 0. The third kappa shape index (κ3) is 5.49. The zero-order valence-corrected chi connectivity index (χ0v) is 19.7. The highest BCUT2D eigenvalue weighted by Gasteiger charge is 2.43. The van der Waals surface area contributed by atoms with Crippen LogP contribution in [0, 0.1) is 5.41 Å². The first-order valence-corrected chi connectivity index (χ1v) is 11.4. The summed E-state index contributed by atoms with van der Waals surface area (Å²) in [4.78, 5) is 66.3. The quantitative estimate of drug-likeness (QED) is 0.461. The molecule has 0 radical (unpaired) electrons. The average molecular weight is 457 g/mol. The molecule has 8 heteroatoms. The van der Waals surface area contributed by atoms with Gasteiger partial charge in [-0.1, -0.05) is 51.1 Å². The van der Waals surface area contributed by atoms with Gasteiger partial charge in [-0.15, -0.1) is 0 Å². The second-order valence-electron chi connectivity index (χ2n) is 9.75. The van der Waals surface area contributed by atoms with Crippen LogP contribution in [0.1, 0.15) is 63.7 Å². The molecule has 2 heterocycles. The lowest BCUT2D eigenvalue weighted by molar-refractivity contribution is -0.164. The Morgan fingerprint density at radius 1 is 1.06 bits per heavy atom. The predicted octanol–water partition coefficient (Wildman–Crippen LogP) is 2.40. The second kappa shape index (κ2) is 9.85. The fourth-order valence-corrected chi connectivity index (χ4v) is 4.39. The first-order chi connectivity index (χ1) is 15.5. The molecule has 2 saturated heterocycles. The van der Waals surface area contributed by atoms with Crippen molar-refractivity contribution >= 4 is 29.4 Å². The Bertz CT molecular complexity index is 936. The van der Waals surface area contributed by atoms with Crippen LogP contribution in [0.2, 0.25) is 0 Å². The first-order valence-electron chi connectivity index (χ1n) is 11.4. The minimum atomic E-state index is -1.09. The molecule has 33 heavy (non-hydrogen) atoms. The van der Waals surface area contributed by atoms with E-state index >= 15 is 0 Å². The smallest absolute Gasteiger partial charge is 0.329 e. The molecule has 1 aromatic rings. The summed E-state index contributed by atoms with van der Waals surface area (Å²) in [6.45, 7) is 7.16. The van der Waals surface area contributed by atoms with Crippen molar-refractivity contribution in [3.63, 3.8) is 0 Å². The highest BCUT2D eigenvalue weighted by Crippen LogP contribution is 2.28. The number of carbonyl (C=O) groups excluding carboxylic acids is 5. The summed E-state index contributed by atoms with van der Waals surface area (Å²) < 4.78 is 5.44. The van der Waals surface area contributed by atoms with E-state index in [1.807, 2.05) is 20.8 Å². The molecule has 3 unspecified atom stereocenters. The molecule has 1 aromatic carbocycles. The molecule has 0 saturated carbocycles. The monoisotopic (exact) mass is 456 g/mol. The van der Waals surface area contributed by atoms with E-state index in [-0.39, 0.29) is 36.9 Å². The number of hydrogen-bond acceptors (Lipinski definition) is 6. The Morgan fingerprint density at radius 2 is 1.73 bits per heavy atom. The summed E-state index contributed by atoms with van der Waals surface area (Å²) in [5.41, 5.74) is -0.125. The van der Waals surface area contributed by atoms with E-state index in [9.17, 15) is 24.0 Å². The van der Waals surface area contributed by atoms with Gasteiger partial charge in [-0.3, -0.25) is 19.2 Å². The van der Waals surface area contributed by atoms with E-state index in [2.05, 4.69) is 0 Å². The SMILES string of the molecule is CC(OC(=O)C1CCC(=O)N1CC(=O)c1ccccc1)C(=O)N1CCCC1C(=O)C(C)(C)C. The molecule has 2 amide bonds. The fraction of sp³-hybridized carbons (Fsp3) is 0.560. The second-order valence-corrected chi connectivity index (χ2v) is 9.75. The third-order valence-electron chi connectivity index (χ3n) is 6.23. The molecular formula is C25H32N2O6. The van der Waals surface area contributed by atoms with E-state index in [0.29, 0.717) is 24.9 Å². The summed E-state index contributed by atoms with van der Waals surface area (Å²) >= 11 is 0. The molecule has 0 bridgehead atoms.